The van der Waals surface area contributed by atoms with Crippen LogP contribution in [0.25, 0.3) is 22.1 Å². The van der Waals surface area contributed by atoms with Crippen molar-refractivity contribution in [3.05, 3.63) is 54.9 Å². The van der Waals surface area contributed by atoms with Crippen molar-refractivity contribution in [3.8, 4) is 11.8 Å². The fourth-order valence-electron chi connectivity index (χ4n) is 2.00. The van der Waals surface area contributed by atoms with Gasteiger partial charge < -0.3 is 9.15 Å². The van der Waals surface area contributed by atoms with Crippen molar-refractivity contribution < 1.29 is 9.15 Å². The van der Waals surface area contributed by atoms with Gasteiger partial charge in [0, 0.05) is 18.5 Å². The Morgan fingerprint density at radius 3 is 2.60 bits per heavy atom. The Labute approximate surface area is 113 Å². The molecule has 0 atom stereocenters. The number of para-hydroxylation sites is 2. The molecule has 0 saturated heterocycles. The van der Waals surface area contributed by atoms with Crippen molar-refractivity contribution in [2.45, 2.75) is 0 Å². The number of ether oxygens (including phenoxy) is 1. The summed E-state index contributed by atoms with van der Waals surface area (Å²) >= 11 is 0. The van der Waals surface area contributed by atoms with Gasteiger partial charge >= 0.3 is 6.08 Å². The fraction of sp³-hybridized carbons (Fsp3) is 0. The minimum atomic E-state index is 0.217. The Balaban J connectivity index is 1.72. The second kappa shape index (κ2) is 4.31. The maximum atomic E-state index is 5.63. The first-order chi connectivity index (χ1) is 9.88. The lowest BCUT2D eigenvalue weighted by molar-refractivity contribution is 0.343. The summed E-state index contributed by atoms with van der Waals surface area (Å²) in [6.45, 7) is 0. The molecule has 4 aromatic rings. The molecule has 2 heterocycles. The number of hydrogen-bond acceptors (Lipinski definition) is 5. The van der Waals surface area contributed by atoms with Crippen LogP contribution < -0.4 is 4.74 Å². The highest BCUT2D eigenvalue weighted by Crippen LogP contribution is 2.26. The maximum absolute atomic E-state index is 5.63. The quantitative estimate of drug-likeness (QED) is 0.553. The van der Waals surface area contributed by atoms with E-state index in [1.807, 2.05) is 36.4 Å². The molecule has 0 saturated carbocycles. The topological polar surface area (TPSA) is 61.0 Å². The van der Waals surface area contributed by atoms with Gasteiger partial charge in [-0.15, -0.1) is 0 Å². The zero-order valence-electron chi connectivity index (χ0n) is 10.4. The van der Waals surface area contributed by atoms with Crippen LogP contribution in [0.2, 0.25) is 0 Å². The maximum Gasteiger partial charge on any atom is 0.400 e. The van der Waals surface area contributed by atoms with Crippen LogP contribution >= 0.6 is 0 Å². The van der Waals surface area contributed by atoms with Crippen molar-refractivity contribution in [1.29, 1.82) is 0 Å². The molecule has 5 nitrogen and oxygen atoms in total. The number of nitrogens with zero attached hydrogens (tertiary/aromatic N) is 3. The van der Waals surface area contributed by atoms with Gasteiger partial charge in [0.05, 0.1) is 11.0 Å². The smallest absolute Gasteiger partial charge is 0.400 e. The van der Waals surface area contributed by atoms with E-state index in [2.05, 4.69) is 15.0 Å². The molecular formula is C15H9N3O2. The zero-order valence-corrected chi connectivity index (χ0v) is 10.4. The van der Waals surface area contributed by atoms with Crippen LogP contribution in [0.3, 0.4) is 0 Å². The summed E-state index contributed by atoms with van der Waals surface area (Å²) in [5.74, 6) is 0.615. The van der Waals surface area contributed by atoms with Gasteiger partial charge in [-0.1, -0.05) is 12.1 Å². The van der Waals surface area contributed by atoms with Crippen LogP contribution in [-0.4, -0.2) is 15.0 Å². The monoisotopic (exact) mass is 263 g/mol. The van der Waals surface area contributed by atoms with Crippen molar-refractivity contribution >= 4 is 22.1 Å². The summed E-state index contributed by atoms with van der Waals surface area (Å²) in [4.78, 5) is 12.7. The van der Waals surface area contributed by atoms with E-state index in [1.165, 1.54) is 0 Å². The number of fused-ring (bicyclic) bond motifs is 2. The molecule has 20 heavy (non-hydrogen) atoms. The van der Waals surface area contributed by atoms with E-state index in [4.69, 9.17) is 9.15 Å². The predicted molar refractivity (Wildman–Crippen MR) is 73.6 cm³/mol. The molecule has 0 spiro atoms. The second-order valence-corrected chi connectivity index (χ2v) is 4.26. The third kappa shape index (κ3) is 1.85. The Bertz CT molecular complexity index is 869. The SMILES string of the molecule is c1ccc2oc(Oc3ccc4nccnc4c3)nc2c1. The number of hydrogen-bond donors (Lipinski definition) is 0. The number of oxazole rings is 1. The highest BCUT2D eigenvalue weighted by Gasteiger charge is 2.08. The van der Waals surface area contributed by atoms with E-state index in [1.54, 1.807) is 18.5 Å². The molecule has 2 aromatic carbocycles. The molecular weight excluding hydrogens is 254 g/mol. The Morgan fingerprint density at radius 2 is 1.70 bits per heavy atom. The van der Waals surface area contributed by atoms with Crippen molar-refractivity contribution in [1.82, 2.24) is 15.0 Å². The Morgan fingerprint density at radius 1 is 0.850 bits per heavy atom. The Hall–Kier alpha value is -2.95. The molecule has 0 N–H and O–H groups in total. The zero-order chi connectivity index (χ0) is 13.4. The third-order valence-electron chi connectivity index (χ3n) is 2.92. The summed E-state index contributed by atoms with van der Waals surface area (Å²) in [6.07, 6.45) is 3.52. The van der Waals surface area contributed by atoms with E-state index in [0.717, 1.165) is 16.6 Å². The largest absolute Gasteiger partial charge is 0.411 e. The lowest BCUT2D eigenvalue weighted by Crippen LogP contribution is -1.86. The number of benzene rings is 2. The Kier molecular flexibility index (Phi) is 2.35. The van der Waals surface area contributed by atoms with Gasteiger partial charge in [-0.3, -0.25) is 9.97 Å². The molecule has 0 aliphatic rings. The van der Waals surface area contributed by atoms with Crippen molar-refractivity contribution in [2.75, 3.05) is 0 Å². The van der Waals surface area contributed by atoms with Gasteiger partial charge in [0.15, 0.2) is 5.58 Å². The van der Waals surface area contributed by atoms with E-state index in [-0.39, 0.29) is 6.08 Å². The molecule has 0 aliphatic carbocycles. The molecule has 0 radical (unpaired) electrons. The molecule has 0 bridgehead atoms. The van der Waals surface area contributed by atoms with Gasteiger partial charge in [0.25, 0.3) is 0 Å². The molecule has 2 aromatic heterocycles. The lowest BCUT2D eigenvalue weighted by Gasteiger charge is -2.01. The van der Waals surface area contributed by atoms with Crippen LogP contribution in [0.4, 0.5) is 0 Å². The molecule has 0 aliphatic heterocycles. The van der Waals surface area contributed by atoms with E-state index in [0.29, 0.717) is 11.3 Å². The summed E-state index contributed by atoms with van der Waals surface area (Å²) in [5.41, 5.74) is 3.05. The highest BCUT2D eigenvalue weighted by atomic mass is 16.6. The van der Waals surface area contributed by atoms with Crippen LogP contribution in [0, 0.1) is 0 Å². The summed E-state index contributed by atoms with van der Waals surface area (Å²) in [5, 5.41) is 0. The van der Waals surface area contributed by atoms with Crippen LogP contribution in [0.15, 0.2) is 59.3 Å². The van der Waals surface area contributed by atoms with Gasteiger partial charge in [-0.05, 0) is 24.3 Å². The first-order valence-corrected chi connectivity index (χ1v) is 6.13. The third-order valence-corrected chi connectivity index (χ3v) is 2.92. The molecule has 4 rings (SSSR count). The van der Waals surface area contributed by atoms with Crippen LogP contribution in [0.5, 0.6) is 11.8 Å². The van der Waals surface area contributed by atoms with Gasteiger partial charge in [-0.2, -0.15) is 4.98 Å². The minimum absolute atomic E-state index is 0.217. The van der Waals surface area contributed by atoms with Gasteiger partial charge in [0.2, 0.25) is 0 Å². The molecule has 96 valence electrons. The summed E-state index contributed by atoms with van der Waals surface area (Å²) in [6, 6.07) is 13.0. The molecule has 5 heteroatoms. The molecule has 0 amide bonds. The van der Waals surface area contributed by atoms with Crippen LogP contribution in [-0.2, 0) is 0 Å². The van der Waals surface area contributed by atoms with E-state index < -0.39 is 0 Å². The van der Waals surface area contributed by atoms with E-state index >= 15 is 0 Å². The summed E-state index contributed by atoms with van der Waals surface area (Å²) < 4.78 is 11.1. The van der Waals surface area contributed by atoms with E-state index in [9.17, 15) is 0 Å². The van der Waals surface area contributed by atoms with Gasteiger partial charge in [-0.25, -0.2) is 0 Å². The lowest BCUT2D eigenvalue weighted by atomic mass is 10.3. The second-order valence-electron chi connectivity index (χ2n) is 4.26. The fourth-order valence-corrected chi connectivity index (χ4v) is 2.00. The highest BCUT2D eigenvalue weighted by molar-refractivity contribution is 5.75. The van der Waals surface area contributed by atoms with Crippen molar-refractivity contribution in [2.24, 2.45) is 0 Å². The first kappa shape index (κ1) is 10.9. The normalized spacial score (nSPS) is 11.0. The molecule has 0 fully saturated rings. The van der Waals surface area contributed by atoms with Crippen molar-refractivity contribution in [3.63, 3.8) is 0 Å². The first-order valence-electron chi connectivity index (χ1n) is 6.13. The average Bonchev–Trinajstić information content (AvgIpc) is 2.89. The average molecular weight is 263 g/mol. The minimum Gasteiger partial charge on any atom is -0.411 e. The standard InChI is InChI=1S/C15H9N3O2/c1-2-4-14-12(3-1)18-15(20-14)19-10-5-6-11-13(9-10)17-8-7-16-11/h1-9H. The van der Waals surface area contributed by atoms with Gasteiger partial charge in [0.1, 0.15) is 11.3 Å². The predicted octanol–water partition coefficient (Wildman–Crippen LogP) is 3.56. The molecule has 0 unspecified atom stereocenters. The van der Waals surface area contributed by atoms with Crippen LogP contribution in [0.1, 0.15) is 0 Å². The summed E-state index contributed by atoms with van der Waals surface area (Å²) in [7, 11) is 0. The number of rotatable bonds is 2. The number of aromatic nitrogens is 3.